The lowest BCUT2D eigenvalue weighted by Gasteiger charge is -2.32. The zero-order valence-corrected chi connectivity index (χ0v) is 20.0. The average Bonchev–Trinajstić information content (AvgIpc) is 3.57. The molecule has 0 saturated carbocycles. The number of para-hydroxylation sites is 2. The number of hydrogen-bond acceptors (Lipinski definition) is 5. The molecule has 5 rings (SSSR count). The SMILES string of the molecule is Cc1ccccc1N(C(=O)Cn1nnc2ccccc21)[C@H](C(=O)NCc1ccco1)c1ccccc1F. The van der Waals surface area contributed by atoms with Gasteiger partial charge in [-0.3, -0.25) is 14.5 Å². The number of carbonyl (C=O) groups excluding carboxylic acids is 2. The minimum absolute atomic E-state index is 0.0690. The molecule has 0 unspecified atom stereocenters. The molecule has 0 saturated heterocycles. The third-order valence-corrected chi connectivity index (χ3v) is 6.07. The van der Waals surface area contributed by atoms with Crippen molar-refractivity contribution in [1.29, 1.82) is 0 Å². The van der Waals surface area contributed by atoms with Gasteiger partial charge in [0.2, 0.25) is 11.8 Å². The van der Waals surface area contributed by atoms with E-state index in [1.807, 2.05) is 37.3 Å². The summed E-state index contributed by atoms with van der Waals surface area (Å²) >= 11 is 0. The summed E-state index contributed by atoms with van der Waals surface area (Å²) in [6.07, 6.45) is 1.50. The molecule has 0 aliphatic carbocycles. The van der Waals surface area contributed by atoms with E-state index < -0.39 is 23.7 Å². The lowest BCUT2D eigenvalue weighted by molar-refractivity contribution is -0.127. The molecule has 37 heavy (non-hydrogen) atoms. The summed E-state index contributed by atoms with van der Waals surface area (Å²) in [4.78, 5) is 29.0. The highest BCUT2D eigenvalue weighted by molar-refractivity contribution is 6.02. The molecule has 5 aromatic rings. The van der Waals surface area contributed by atoms with Crippen LogP contribution in [0.4, 0.5) is 10.1 Å². The van der Waals surface area contributed by atoms with Crippen LogP contribution < -0.4 is 10.2 Å². The van der Waals surface area contributed by atoms with Crippen molar-refractivity contribution in [3.05, 3.63) is 114 Å². The van der Waals surface area contributed by atoms with Gasteiger partial charge >= 0.3 is 0 Å². The Labute approximate surface area is 212 Å². The Morgan fingerprint density at radius 2 is 1.76 bits per heavy atom. The molecule has 0 fully saturated rings. The topological polar surface area (TPSA) is 93.3 Å². The molecular weight excluding hydrogens is 473 g/mol. The first-order valence-electron chi connectivity index (χ1n) is 11.7. The summed E-state index contributed by atoms with van der Waals surface area (Å²) in [5.41, 5.74) is 2.61. The molecular formula is C28H24FN5O3. The van der Waals surface area contributed by atoms with Gasteiger partial charge in [-0.05, 0) is 48.9 Å². The van der Waals surface area contributed by atoms with Gasteiger partial charge in [0.05, 0.1) is 18.3 Å². The monoisotopic (exact) mass is 497 g/mol. The van der Waals surface area contributed by atoms with E-state index >= 15 is 4.39 Å². The number of benzene rings is 3. The number of nitrogens with zero attached hydrogens (tertiary/aromatic N) is 4. The second-order valence-electron chi connectivity index (χ2n) is 8.51. The van der Waals surface area contributed by atoms with Gasteiger partial charge in [-0.2, -0.15) is 0 Å². The van der Waals surface area contributed by atoms with E-state index in [9.17, 15) is 9.59 Å². The van der Waals surface area contributed by atoms with E-state index in [1.165, 1.54) is 34.0 Å². The Morgan fingerprint density at radius 1 is 1.00 bits per heavy atom. The maximum atomic E-state index is 15.2. The van der Waals surface area contributed by atoms with Crippen molar-refractivity contribution in [1.82, 2.24) is 20.3 Å². The van der Waals surface area contributed by atoms with E-state index in [2.05, 4.69) is 15.6 Å². The number of aromatic nitrogens is 3. The molecule has 3 aromatic carbocycles. The van der Waals surface area contributed by atoms with Gasteiger partial charge in [-0.25, -0.2) is 9.07 Å². The van der Waals surface area contributed by atoms with Crippen LogP contribution in [0.5, 0.6) is 0 Å². The van der Waals surface area contributed by atoms with E-state index in [1.54, 1.807) is 36.4 Å². The first kappa shape index (κ1) is 23.9. The maximum Gasteiger partial charge on any atom is 0.249 e. The molecule has 2 amide bonds. The number of anilines is 1. The van der Waals surface area contributed by atoms with Gasteiger partial charge in [-0.1, -0.05) is 53.7 Å². The summed E-state index contributed by atoms with van der Waals surface area (Å²) in [6.45, 7) is 1.71. The molecule has 8 nitrogen and oxygen atoms in total. The number of amides is 2. The Hall–Kier alpha value is -4.79. The van der Waals surface area contributed by atoms with E-state index in [0.29, 0.717) is 22.5 Å². The highest BCUT2D eigenvalue weighted by atomic mass is 19.1. The van der Waals surface area contributed by atoms with Crippen LogP contribution in [-0.2, 0) is 22.7 Å². The number of nitrogens with one attached hydrogen (secondary N) is 1. The molecule has 186 valence electrons. The van der Waals surface area contributed by atoms with Crippen molar-refractivity contribution >= 4 is 28.5 Å². The lowest BCUT2D eigenvalue weighted by Crippen LogP contribution is -2.45. The summed E-state index contributed by atoms with van der Waals surface area (Å²) in [5.74, 6) is -1.07. The van der Waals surface area contributed by atoms with Crippen LogP contribution in [0.2, 0.25) is 0 Å². The van der Waals surface area contributed by atoms with Crippen molar-refractivity contribution in [3.63, 3.8) is 0 Å². The molecule has 2 aromatic heterocycles. The zero-order valence-electron chi connectivity index (χ0n) is 20.0. The molecule has 0 aliphatic rings. The second-order valence-corrected chi connectivity index (χ2v) is 8.51. The van der Waals surface area contributed by atoms with Crippen LogP contribution in [0.25, 0.3) is 11.0 Å². The molecule has 9 heteroatoms. The fourth-order valence-electron chi connectivity index (χ4n) is 4.27. The average molecular weight is 498 g/mol. The van der Waals surface area contributed by atoms with Crippen molar-refractivity contribution in [3.8, 4) is 0 Å². The zero-order chi connectivity index (χ0) is 25.8. The van der Waals surface area contributed by atoms with Crippen LogP contribution in [0.3, 0.4) is 0 Å². The van der Waals surface area contributed by atoms with Gasteiger partial charge in [0.1, 0.15) is 29.7 Å². The summed E-state index contributed by atoms with van der Waals surface area (Å²) < 4.78 is 22.0. The fourth-order valence-corrected chi connectivity index (χ4v) is 4.27. The molecule has 0 radical (unpaired) electrons. The van der Waals surface area contributed by atoms with E-state index in [4.69, 9.17) is 4.42 Å². The van der Waals surface area contributed by atoms with Gasteiger partial charge in [0.15, 0.2) is 0 Å². The van der Waals surface area contributed by atoms with E-state index in [0.717, 1.165) is 5.56 Å². The third-order valence-electron chi connectivity index (χ3n) is 6.07. The standard InChI is InChI=1S/C28H24FN5O3/c1-19-9-2-6-14-24(19)34(26(35)18-33-25-15-7-5-13-23(25)31-32-33)27(21-11-3-4-12-22(21)29)28(36)30-17-20-10-8-16-37-20/h2-16,27H,17-18H2,1H3,(H,30,36)/t27-/m0/s1. The third kappa shape index (κ3) is 4.97. The Balaban J connectivity index is 1.58. The van der Waals surface area contributed by atoms with Gasteiger partial charge in [-0.15, -0.1) is 5.10 Å². The predicted octanol–water partition coefficient (Wildman–Crippen LogP) is 4.56. The number of fused-ring (bicyclic) bond motifs is 1. The van der Waals surface area contributed by atoms with Gasteiger partial charge < -0.3 is 9.73 Å². The Kier molecular flexibility index (Phi) is 6.76. The fraction of sp³-hybridized carbons (Fsp3) is 0.143. The van der Waals surface area contributed by atoms with Crippen LogP contribution in [0.1, 0.15) is 22.9 Å². The highest BCUT2D eigenvalue weighted by Crippen LogP contribution is 2.32. The summed E-state index contributed by atoms with van der Waals surface area (Å²) in [6, 6.07) is 22.5. The number of carbonyl (C=O) groups is 2. The number of hydrogen-bond donors (Lipinski definition) is 1. The first-order chi connectivity index (χ1) is 18.0. The second kappa shape index (κ2) is 10.4. The van der Waals surface area contributed by atoms with Crippen LogP contribution in [0, 0.1) is 12.7 Å². The minimum atomic E-state index is -1.29. The highest BCUT2D eigenvalue weighted by Gasteiger charge is 2.35. The first-order valence-corrected chi connectivity index (χ1v) is 11.7. The number of rotatable bonds is 8. The van der Waals surface area contributed by atoms with Gasteiger partial charge in [0.25, 0.3) is 0 Å². The predicted molar refractivity (Wildman–Crippen MR) is 136 cm³/mol. The van der Waals surface area contributed by atoms with E-state index in [-0.39, 0.29) is 18.7 Å². The molecule has 0 bridgehead atoms. The van der Waals surface area contributed by atoms with Gasteiger partial charge in [0, 0.05) is 11.3 Å². The lowest BCUT2D eigenvalue weighted by atomic mass is 10.0. The maximum absolute atomic E-state index is 15.2. The van der Waals surface area contributed by atoms with Crippen molar-refractivity contribution in [2.75, 3.05) is 4.90 Å². The quantitative estimate of drug-likeness (QED) is 0.339. The molecule has 0 spiro atoms. The number of furan rings is 1. The largest absolute Gasteiger partial charge is 0.467 e. The van der Waals surface area contributed by atoms with Crippen LogP contribution in [-0.4, -0.2) is 26.8 Å². The Morgan fingerprint density at radius 3 is 2.54 bits per heavy atom. The molecule has 0 aliphatic heterocycles. The normalized spacial score (nSPS) is 11.8. The molecule has 1 N–H and O–H groups in total. The van der Waals surface area contributed by atoms with Crippen molar-refractivity contribution in [2.45, 2.75) is 26.1 Å². The van der Waals surface area contributed by atoms with Crippen LogP contribution >= 0.6 is 0 Å². The van der Waals surface area contributed by atoms with Crippen LogP contribution in [0.15, 0.2) is 95.6 Å². The number of aryl methyl sites for hydroxylation is 1. The summed E-state index contributed by atoms with van der Waals surface area (Å²) in [5, 5.41) is 11.1. The molecule has 2 heterocycles. The minimum Gasteiger partial charge on any atom is -0.467 e. The Bertz CT molecular complexity index is 1550. The number of halogens is 1. The molecule has 1 atom stereocenters. The smallest absolute Gasteiger partial charge is 0.249 e. The summed E-state index contributed by atoms with van der Waals surface area (Å²) in [7, 11) is 0. The van der Waals surface area contributed by atoms with Crippen molar-refractivity contribution in [2.24, 2.45) is 0 Å². The van der Waals surface area contributed by atoms with Crippen molar-refractivity contribution < 1.29 is 18.4 Å².